The van der Waals surface area contributed by atoms with Gasteiger partial charge < -0.3 is 10.6 Å². The van der Waals surface area contributed by atoms with E-state index in [-0.39, 0.29) is 11.5 Å². The third kappa shape index (κ3) is 4.39. The Hall–Kier alpha value is -2.21. The minimum Gasteiger partial charge on any atom is -0.326 e. The van der Waals surface area contributed by atoms with Crippen molar-refractivity contribution in [2.75, 3.05) is 10.6 Å². The van der Waals surface area contributed by atoms with Gasteiger partial charge in [0.15, 0.2) is 0 Å². The maximum absolute atomic E-state index is 13.3. The van der Waals surface area contributed by atoms with E-state index in [0.717, 1.165) is 6.07 Å². The maximum Gasteiger partial charge on any atom is 0.255 e. The second kappa shape index (κ2) is 6.49. The van der Waals surface area contributed by atoms with E-state index in [1.807, 2.05) is 0 Å². The summed E-state index contributed by atoms with van der Waals surface area (Å²) >= 11 is 3.14. The van der Waals surface area contributed by atoms with Crippen LogP contribution in [0.25, 0.3) is 0 Å². The lowest BCUT2D eigenvalue weighted by atomic mass is 10.2. The second-order valence-corrected chi connectivity index (χ2v) is 5.29. The van der Waals surface area contributed by atoms with Gasteiger partial charge in [-0.1, -0.05) is 22.0 Å². The Morgan fingerprint density at radius 2 is 1.71 bits per heavy atom. The van der Waals surface area contributed by atoms with E-state index in [2.05, 4.69) is 26.6 Å². The van der Waals surface area contributed by atoms with Gasteiger partial charge in [0.25, 0.3) is 5.91 Å². The van der Waals surface area contributed by atoms with Crippen LogP contribution < -0.4 is 10.6 Å². The number of carbonyl (C=O) groups excluding carboxylic acids is 2. The van der Waals surface area contributed by atoms with Gasteiger partial charge in [0.05, 0.1) is 0 Å². The van der Waals surface area contributed by atoms with Crippen molar-refractivity contribution in [3.05, 3.63) is 58.3 Å². The molecule has 0 aromatic heterocycles. The minimum absolute atomic E-state index is 0.201. The second-order valence-electron chi connectivity index (χ2n) is 4.37. The zero-order valence-corrected chi connectivity index (χ0v) is 12.7. The van der Waals surface area contributed by atoms with Crippen LogP contribution in [0.15, 0.2) is 46.9 Å². The summed E-state index contributed by atoms with van der Waals surface area (Å²) in [6.07, 6.45) is 0. The van der Waals surface area contributed by atoms with Gasteiger partial charge in [-0.05, 0) is 36.4 Å². The minimum atomic E-state index is -0.499. The Morgan fingerprint density at radius 3 is 2.33 bits per heavy atom. The van der Waals surface area contributed by atoms with Gasteiger partial charge in [0, 0.05) is 28.3 Å². The summed E-state index contributed by atoms with van der Waals surface area (Å²) in [4.78, 5) is 23.1. The highest BCUT2D eigenvalue weighted by atomic mass is 79.9. The Bertz CT molecular complexity index is 684. The van der Waals surface area contributed by atoms with Gasteiger partial charge in [0.1, 0.15) is 5.82 Å². The number of carbonyl (C=O) groups is 2. The van der Waals surface area contributed by atoms with Gasteiger partial charge >= 0.3 is 0 Å². The highest BCUT2D eigenvalue weighted by molar-refractivity contribution is 9.10. The number of benzene rings is 2. The SMILES string of the molecule is CC(=O)Nc1cccc(NC(=O)c2cc(F)cc(Br)c2)c1. The molecule has 0 unspecified atom stereocenters. The van der Waals surface area contributed by atoms with E-state index in [0.29, 0.717) is 15.8 Å². The van der Waals surface area contributed by atoms with Gasteiger partial charge in [-0.25, -0.2) is 4.39 Å². The molecule has 0 heterocycles. The molecule has 108 valence electrons. The van der Waals surface area contributed by atoms with Gasteiger partial charge in [-0.3, -0.25) is 9.59 Å². The molecule has 0 spiro atoms. The summed E-state index contributed by atoms with van der Waals surface area (Å²) in [6.45, 7) is 1.40. The van der Waals surface area contributed by atoms with Crippen LogP contribution >= 0.6 is 15.9 Å². The summed E-state index contributed by atoms with van der Waals surface area (Å²) in [5.74, 6) is -1.13. The average molecular weight is 351 g/mol. The normalized spacial score (nSPS) is 10.0. The summed E-state index contributed by atoms with van der Waals surface area (Å²) in [7, 11) is 0. The van der Waals surface area contributed by atoms with Gasteiger partial charge in [0.2, 0.25) is 5.91 Å². The molecule has 0 atom stereocenters. The maximum atomic E-state index is 13.3. The van der Waals surface area contributed by atoms with Crippen LogP contribution in [0, 0.1) is 5.82 Å². The monoisotopic (exact) mass is 350 g/mol. The first-order valence-corrected chi connectivity index (χ1v) is 6.88. The number of amides is 2. The summed E-state index contributed by atoms with van der Waals surface area (Å²) < 4.78 is 13.8. The van der Waals surface area contributed by atoms with Crippen LogP contribution in [0.2, 0.25) is 0 Å². The predicted octanol–water partition coefficient (Wildman–Crippen LogP) is 3.80. The first-order valence-electron chi connectivity index (χ1n) is 6.09. The number of nitrogens with one attached hydrogen (secondary N) is 2. The van der Waals surface area contributed by atoms with E-state index < -0.39 is 11.7 Å². The highest BCUT2D eigenvalue weighted by Crippen LogP contribution is 2.18. The van der Waals surface area contributed by atoms with Crippen LogP contribution in [-0.4, -0.2) is 11.8 Å². The highest BCUT2D eigenvalue weighted by Gasteiger charge is 2.09. The lowest BCUT2D eigenvalue weighted by Gasteiger charge is -2.08. The van der Waals surface area contributed by atoms with Crippen LogP contribution in [0.4, 0.5) is 15.8 Å². The Labute approximate surface area is 129 Å². The van der Waals surface area contributed by atoms with Crippen molar-refractivity contribution in [2.24, 2.45) is 0 Å². The van der Waals surface area contributed by atoms with E-state index in [4.69, 9.17) is 0 Å². The van der Waals surface area contributed by atoms with Crippen molar-refractivity contribution < 1.29 is 14.0 Å². The quantitative estimate of drug-likeness (QED) is 0.884. The van der Waals surface area contributed by atoms with E-state index >= 15 is 0 Å². The molecule has 0 saturated heterocycles. The number of halogens is 2. The van der Waals surface area contributed by atoms with Crippen molar-refractivity contribution in [3.63, 3.8) is 0 Å². The fourth-order valence-electron chi connectivity index (χ4n) is 1.77. The van der Waals surface area contributed by atoms with Gasteiger partial charge in [-0.15, -0.1) is 0 Å². The summed E-state index contributed by atoms with van der Waals surface area (Å²) in [6, 6.07) is 10.6. The molecule has 2 N–H and O–H groups in total. The lowest BCUT2D eigenvalue weighted by Crippen LogP contribution is -2.13. The number of hydrogen-bond donors (Lipinski definition) is 2. The van der Waals surface area contributed by atoms with E-state index in [9.17, 15) is 14.0 Å². The molecule has 0 bridgehead atoms. The first-order chi connectivity index (χ1) is 9.94. The lowest BCUT2D eigenvalue weighted by molar-refractivity contribution is -0.114. The number of rotatable bonds is 3. The average Bonchev–Trinajstić information content (AvgIpc) is 2.37. The molecule has 2 rings (SSSR count). The molecule has 0 radical (unpaired) electrons. The molecule has 0 aliphatic heterocycles. The fourth-order valence-corrected chi connectivity index (χ4v) is 2.23. The molecule has 2 aromatic carbocycles. The van der Waals surface area contributed by atoms with Crippen molar-refractivity contribution in [1.29, 1.82) is 0 Å². The first kappa shape index (κ1) is 15.2. The molecule has 0 aliphatic carbocycles. The van der Waals surface area contributed by atoms with E-state index in [1.54, 1.807) is 24.3 Å². The molecule has 6 heteroatoms. The topological polar surface area (TPSA) is 58.2 Å². The smallest absolute Gasteiger partial charge is 0.255 e. The Balaban J connectivity index is 2.17. The fraction of sp³-hybridized carbons (Fsp3) is 0.0667. The third-order valence-electron chi connectivity index (χ3n) is 2.57. The van der Waals surface area contributed by atoms with Crippen molar-refractivity contribution in [2.45, 2.75) is 6.92 Å². The van der Waals surface area contributed by atoms with Crippen LogP contribution in [0.5, 0.6) is 0 Å². The van der Waals surface area contributed by atoms with Crippen molar-refractivity contribution in [3.8, 4) is 0 Å². The van der Waals surface area contributed by atoms with Crippen LogP contribution in [-0.2, 0) is 4.79 Å². The molecule has 0 aliphatic rings. The Morgan fingerprint density at radius 1 is 1.05 bits per heavy atom. The third-order valence-corrected chi connectivity index (χ3v) is 3.02. The molecule has 2 amide bonds. The summed E-state index contributed by atoms with van der Waals surface area (Å²) in [5.41, 5.74) is 1.28. The molecule has 0 fully saturated rings. The zero-order valence-electron chi connectivity index (χ0n) is 11.1. The van der Waals surface area contributed by atoms with E-state index in [1.165, 1.54) is 19.1 Å². The molecule has 2 aromatic rings. The van der Waals surface area contributed by atoms with Crippen molar-refractivity contribution in [1.82, 2.24) is 0 Å². The Kier molecular flexibility index (Phi) is 4.70. The summed E-state index contributed by atoms with van der Waals surface area (Å²) in [5, 5.41) is 5.27. The zero-order chi connectivity index (χ0) is 15.4. The largest absolute Gasteiger partial charge is 0.326 e. The van der Waals surface area contributed by atoms with Crippen LogP contribution in [0.1, 0.15) is 17.3 Å². The van der Waals surface area contributed by atoms with Crippen molar-refractivity contribution >= 4 is 39.1 Å². The molecular weight excluding hydrogens is 339 g/mol. The molecule has 0 saturated carbocycles. The van der Waals surface area contributed by atoms with Crippen LogP contribution in [0.3, 0.4) is 0 Å². The number of anilines is 2. The predicted molar refractivity (Wildman–Crippen MR) is 82.8 cm³/mol. The van der Waals surface area contributed by atoms with Gasteiger partial charge in [-0.2, -0.15) is 0 Å². The standard InChI is InChI=1S/C15H12BrFN2O2/c1-9(20)18-13-3-2-4-14(8-13)19-15(21)10-5-11(16)7-12(17)6-10/h2-8H,1H3,(H,18,20)(H,19,21). The number of hydrogen-bond acceptors (Lipinski definition) is 2. The molecular formula is C15H12BrFN2O2. The molecule has 21 heavy (non-hydrogen) atoms. The molecule has 4 nitrogen and oxygen atoms in total.